The highest BCUT2D eigenvalue weighted by Crippen LogP contribution is 2.31. The second-order valence-electron chi connectivity index (χ2n) is 13.2. The van der Waals surface area contributed by atoms with Crippen molar-refractivity contribution in [3.8, 4) is 5.75 Å². The van der Waals surface area contributed by atoms with E-state index in [9.17, 15) is 19.5 Å². The summed E-state index contributed by atoms with van der Waals surface area (Å²) in [6, 6.07) is 23.2. The number of benzene rings is 3. The molecule has 3 aromatic carbocycles. The summed E-state index contributed by atoms with van der Waals surface area (Å²) in [5, 5.41) is 15.5. The van der Waals surface area contributed by atoms with Crippen LogP contribution in [-0.4, -0.2) is 59.8 Å². The van der Waals surface area contributed by atoms with E-state index in [-0.39, 0.29) is 18.6 Å². The molecule has 2 bridgehead atoms. The van der Waals surface area contributed by atoms with E-state index in [1.807, 2.05) is 66.7 Å². The SMILES string of the molecule is O=C(N[C@@H](c1ccccc1)c1cccc(OCc2ccc(C(=O)NC(CC3CCCCC3)C(=O)O)cc2)c1)O[C@H]1CN2CCC1CC2. The fraction of sp³-hybridized carbons (Fsp3) is 0.447. The summed E-state index contributed by atoms with van der Waals surface area (Å²) in [4.78, 5) is 40.3. The lowest BCUT2D eigenvalue weighted by Gasteiger charge is -2.43. The summed E-state index contributed by atoms with van der Waals surface area (Å²) in [5.41, 5.74) is 3.08. The van der Waals surface area contributed by atoms with Crippen molar-refractivity contribution in [1.29, 1.82) is 0 Å². The molecule has 7 rings (SSSR count). The molecule has 1 aliphatic carbocycles. The lowest BCUT2D eigenvalue weighted by atomic mass is 9.85. The number of aliphatic carboxylic acids is 1. The summed E-state index contributed by atoms with van der Waals surface area (Å²) in [7, 11) is 0. The van der Waals surface area contributed by atoms with E-state index in [0.717, 1.165) is 74.8 Å². The van der Waals surface area contributed by atoms with Crippen molar-refractivity contribution < 1.29 is 29.0 Å². The van der Waals surface area contributed by atoms with Gasteiger partial charge in [0, 0.05) is 12.1 Å². The normalized spacial score (nSPS) is 22.1. The summed E-state index contributed by atoms with van der Waals surface area (Å²) in [6.45, 7) is 3.24. The fourth-order valence-electron chi connectivity index (χ4n) is 7.26. The van der Waals surface area contributed by atoms with E-state index >= 15 is 0 Å². The molecule has 3 aliphatic heterocycles. The monoisotopic (exact) mass is 639 g/mol. The lowest BCUT2D eigenvalue weighted by Crippen LogP contribution is -2.52. The van der Waals surface area contributed by atoms with Gasteiger partial charge in [0.25, 0.3) is 5.91 Å². The number of nitrogens with zero attached hydrogens (tertiary/aromatic N) is 1. The number of carboxylic acid groups (broad SMARTS) is 1. The maximum Gasteiger partial charge on any atom is 0.408 e. The van der Waals surface area contributed by atoms with Crippen molar-refractivity contribution >= 4 is 18.0 Å². The van der Waals surface area contributed by atoms with Crippen LogP contribution in [0.1, 0.15) is 84.5 Å². The maximum atomic E-state index is 13.2. The Bertz CT molecular complexity index is 1500. The first-order chi connectivity index (χ1) is 22.9. The largest absolute Gasteiger partial charge is 0.489 e. The molecule has 3 heterocycles. The maximum absolute atomic E-state index is 13.2. The number of piperidine rings is 3. The third-order valence-corrected chi connectivity index (χ3v) is 9.96. The van der Waals surface area contributed by atoms with E-state index in [4.69, 9.17) is 9.47 Å². The average Bonchev–Trinajstić information content (AvgIpc) is 3.11. The van der Waals surface area contributed by atoms with E-state index in [2.05, 4.69) is 15.5 Å². The Morgan fingerprint density at radius 1 is 0.830 bits per heavy atom. The van der Waals surface area contributed by atoms with Gasteiger partial charge in [0.15, 0.2) is 0 Å². The zero-order chi connectivity index (χ0) is 32.6. The molecule has 3 atom stereocenters. The molecule has 1 saturated carbocycles. The topological polar surface area (TPSA) is 117 Å². The smallest absolute Gasteiger partial charge is 0.408 e. The molecule has 47 heavy (non-hydrogen) atoms. The van der Waals surface area contributed by atoms with Crippen molar-refractivity contribution in [2.24, 2.45) is 11.8 Å². The Morgan fingerprint density at radius 2 is 1.55 bits per heavy atom. The molecule has 3 N–H and O–H groups in total. The van der Waals surface area contributed by atoms with Gasteiger partial charge in [-0.1, -0.05) is 86.7 Å². The number of amides is 2. The summed E-state index contributed by atoms with van der Waals surface area (Å²) in [6.07, 6.45) is 7.59. The molecule has 0 aromatic heterocycles. The van der Waals surface area contributed by atoms with Crippen LogP contribution in [0.25, 0.3) is 0 Å². The van der Waals surface area contributed by atoms with E-state index in [1.165, 1.54) is 6.42 Å². The molecule has 4 aliphatic rings. The number of carbonyl (C=O) groups excluding carboxylic acids is 2. The minimum atomic E-state index is -0.994. The number of hydrogen-bond acceptors (Lipinski definition) is 6. The van der Waals surface area contributed by atoms with Crippen LogP contribution >= 0.6 is 0 Å². The highest BCUT2D eigenvalue weighted by Gasteiger charge is 2.37. The van der Waals surface area contributed by atoms with Gasteiger partial charge in [-0.3, -0.25) is 9.69 Å². The number of hydrogen-bond donors (Lipinski definition) is 3. The molecule has 3 aromatic rings. The van der Waals surface area contributed by atoms with Gasteiger partial charge in [-0.2, -0.15) is 0 Å². The van der Waals surface area contributed by atoms with Gasteiger partial charge < -0.3 is 25.2 Å². The van der Waals surface area contributed by atoms with Gasteiger partial charge in [0.1, 0.15) is 24.5 Å². The predicted octanol–water partition coefficient (Wildman–Crippen LogP) is 6.33. The van der Waals surface area contributed by atoms with Crippen LogP contribution in [0.3, 0.4) is 0 Å². The van der Waals surface area contributed by atoms with Crippen LogP contribution in [0, 0.1) is 11.8 Å². The Hall–Kier alpha value is -4.37. The van der Waals surface area contributed by atoms with Gasteiger partial charge in [0.05, 0.1) is 6.04 Å². The molecule has 2 amide bonds. The number of carboxylic acids is 1. The molecule has 248 valence electrons. The molecule has 3 saturated heterocycles. The predicted molar refractivity (Wildman–Crippen MR) is 178 cm³/mol. The van der Waals surface area contributed by atoms with Gasteiger partial charge in [-0.05, 0) is 85.1 Å². The highest BCUT2D eigenvalue weighted by atomic mass is 16.6. The number of rotatable bonds is 12. The van der Waals surface area contributed by atoms with Crippen molar-refractivity contribution in [2.45, 2.75) is 76.2 Å². The Kier molecular flexibility index (Phi) is 10.7. The van der Waals surface area contributed by atoms with E-state index < -0.39 is 24.1 Å². The molecule has 0 radical (unpaired) electrons. The Labute approximate surface area is 276 Å². The van der Waals surface area contributed by atoms with Crippen LogP contribution in [0.15, 0.2) is 78.9 Å². The molecular weight excluding hydrogens is 594 g/mol. The Morgan fingerprint density at radius 3 is 2.23 bits per heavy atom. The second kappa shape index (κ2) is 15.5. The third kappa shape index (κ3) is 8.71. The van der Waals surface area contributed by atoms with Crippen LogP contribution in [0.2, 0.25) is 0 Å². The standard InChI is InChI=1S/C38H45N3O6/c42-36(39-33(37(43)44)22-26-8-3-1-4-9-26)30-16-14-27(15-17-30)25-46-32-13-7-12-31(23-32)35(29-10-5-2-6-11-29)40-38(45)47-34-24-41-20-18-28(34)19-21-41/h2,5-7,10-17,23,26,28,33-35H,1,3-4,8-9,18-22,24-25H2,(H,39,42)(H,40,45)(H,43,44)/t33?,34-,35-/m0/s1. The van der Waals surface area contributed by atoms with Crippen LogP contribution in [-0.2, 0) is 16.1 Å². The average molecular weight is 640 g/mol. The van der Waals surface area contributed by atoms with Gasteiger partial charge in [-0.25, -0.2) is 9.59 Å². The van der Waals surface area contributed by atoms with Gasteiger partial charge in [-0.15, -0.1) is 0 Å². The summed E-state index contributed by atoms with van der Waals surface area (Å²) in [5.74, 6) is 0.0245. The van der Waals surface area contributed by atoms with Crippen LogP contribution < -0.4 is 15.4 Å². The van der Waals surface area contributed by atoms with Crippen molar-refractivity contribution in [2.75, 3.05) is 19.6 Å². The number of carbonyl (C=O) groups is 3. The first kappa shape index (κ1) is 32.6. The first-order valence-corrected chi connectivity index (χ1v) is 17.0. The van der Waals surface area contributed by atoms with Crippen molar-refractivity contribution in [3.63, 3.8) is 0 Å². The minimum absolute atomic E-state index is 0.0822. The minimum Gasteiger partial charge on any atom is -0.489 e. The van der Waals surface area contributed by atoms with E-state index in [1.54, 1.807) is 12.1 Å². The third-order valence-electron chi connectivity index (χ3n) is 9.96. The molecule has 9 nitrogen and oxygen atoms in total. The zero-order valence-electron chi connectivity index (χ0n) is 26.8. The van der Waals surface area contributed by atoms with Crippen LogP contribution in [0.5, 0.6) is 5.75 Å². The quantitative estimate of drug-likeness (QED) is 0.212. The van der Waals surface area contributed by atoms with Crippen LogP contribution in [0.4, 0.5) is 4.79 Å². The van der Waals surface area contributed by atoms with Gasteiger partial charge in [0.2, 0.25) is 0 Å². The lowest BCUT2D eigenvalue weighted by molar-refractivity contribution is -0.139. The highest BCUT2D eigenvalue weighted by molar-refractivity contribution is 5.96. The number of nitrogens with one attached hydrogen (secondary N) is 2. The molecule has 1 unspecified atom stereocenters. The van der Waals surface area contributed by atoms with E-state index in [0.29, 0.717) is 29.6 Å². The number of alkyl carbamates (subject to hydrolysis) is 1. The van der Waals surface area contributed by atoms with Crippen molar-refractivity contribution in [3.05, 3.63) is 101 Å². The fourth-order valence-corrected chi connectivity index (χ4v) is 7.26. The molecule has 0 spiro atoms. The molecule has 9 heteroatoms. The Balaban J connectivity index is 1.06. The zero-order valence-corrected chi connectivity index (χ0v) is 26.8. The second-order valence-corrected chi connectivity index (χ2v) is 13.2. The molecule has 4 fully saturated rings. The number of fused-ring (bicyclic) bond motifs is 3. The number of ether oxygens (including phenoxy) is 2. The summed E-state index contributed by atoms with van der Waals surface area (Å²) < 4.78 is 12.1. The molecular formula is C38H45N3O6. The summed E-state index contributed by atoms with van der Waals surface area (Å²) >= 11 is 0. The van der Waals surface area contributed by atoms with Gasteiger partial charge >= 0.3 is 12.1 Å². The first-order valence-electron chi connectivity index (χ1n) is 17.0. The van der Waals surface area contributed by atoms with Crippen molar-refractivity contribution in [1.82, 2.24) is 15.5 Å².